The van der Waals surface area contributed by atoms with Crippen LogP contribution in [0.15, 0.2) is 47.6 Å². The molecule has 2 aromatic rings. The molecule has 1 unspecified atom stereocenters. The summed E-state index contributed by atoms with van der Waals surface area (Å²) >= 11 is 0. The van der Waals surface area contributed by atoms with E-state index in [1.165, 1.54) is 0 Å². The lowest BCUT2D eigenvalue weighted by atomic mass is 10.1. The predicted molar refractivity (Wildman–Crippen MR) is 94.4 cm³/mol. The minimum absolute atomic E-state index is 0.1000. The Hall–Kier alpha value is -3.33. The number of nitrogens with zero attached hydrogens (tertiary/aromatic N) is 2. The summed E-state index contributed by atoms with van der Waals surface area (Å²) in [5.41, 5.74) is 4.97. The number of amides is 1. The summed E-state index contributed by atoms with van der Waals surface area (Å²) in [5, 5.41) is 22.7. The highest BCUT2D eigenvalue weighted by atomic mass is 16.5. The fourth-order valence-corrected chi connectivity index (χ4v) is 2.10. The Bertz CT molecular complexity index is 836. The van der Waals surface area contributed by atoms with Crippen molar-refractivity contribution in [3.63, 3.8) is 0 Å². The van der Waals surface area contributed by atoms with Gasteiger partial charge in [-0.2, -0.15) is 10.4 Å². The maximum absolute atomic E-state index is 12.1. The smallest absolute Gasteiger partial charge is 0.280 e. The van der Waals surface area contributed by atoms with Gasteiger partial charge in [0.25, 0.3) is 5.91 Å². The van der Waals surface area contributed by atoms with Crippen molar-refractivity contribution in [3.05, 3.63) is 59.2 Å². The Morgan fingerprint density at radius 3 is 2.60 bits per heavy atom. The monoisotopic (exact) mass is 337 g/mol. The van der Waals surface area contributed by atoms with E-state index in [9.17, 15) is 9.90 Å². The first-order valence-corrected chi connectivity index (χ1v) is 7.71. The molecule has 0 aliphatic rings. The molecule has 0 saturated carbocycles. The van der Waals surface area contributed by atoms with E-state index >= 15 is 0 Å². The van der Waals surface area contributed by atoms with Gasteiger partial charge in [0.1, 0.15) is 11.5 Å². The Morgan fingerprint density at radius 1 is 1.28 bits per heavy atom. The van der Waals surface area contributed by atoms with Crippen LogP contribution >= 0.6 is 0 Å². The van der Waals surface area contributed by atoms with E-state index < -0.39 is 12.0 Å². The van der Waals surface area contributed by atoms with Crippen LogP contribution in [0, 0.1) is 18.3 Å². The Balaban J connectivity index is 2.00. The molecule has 0 spiro atoms. The van der Waals surface area contributed by atoms with E-state index in [1.807, 2.05) is 13.0 Å². The van der Waals surface area contributed by atoms with Gasteiger partial charge >= 0.3 is 0 Å². The highest BCUT2D eigenvalue weighted by Crippen LogP contribution is 2.19. The summed E-state index contributed by atoms with van der Waals surface area (Å²) in [6.45, 7) is 5.20. The molecule has 6 heteroatoms. The van der Waals surface area contributed by atoms with Crippen molar-refractivity contribution in [2.24, 2.45) is 5.10 Å². The number of ether oxygens (including phenoxy) is 1. The summed E-state index contributed by atoms with van der Waals surface area (Å²) in [5.74, 6) is 0.164. The number of carbonyl (C=O) groups is 1. The minimum atomic E-state index is -0.768. The molecule has 0 radical (unpaired) electrons. The topological polar surface area (TPSA) is 94.7 Å². The van der Waals surface area contributed by atoms with Gasteiger partial charge in [0.05, 0.1) is 17.3 Å². The number of aryl methyl sites for hydroxylation is 1. The second-order valence-corrected chi connectivity index (χ2v) is 5.59. The highest BCUT2D eigenvalue weighted by Gasteiger charge is 2.14. The number of nitriles is 1. The van der Waals surface area contributed by atoms with Crippen LogP contribution in [0.3, 0.4) is 0 Å². The normalized spacial score (nSPS) is 12.2. The maximum atomic E-state index is 12.1. The van der Waals surface area contributed by atoms with E-state index in [4.69, 9.17) is 10.00 Å². The number of hydrogen-bond donors (Lipinski definition) is 2. The van der Waals surface area contributed by atoms with Crippen LogP contribution in [0.25, 0.3) is 0 Å². The van der Waals surface area contributed by atoms with Gasteiger partial charge in [-0.05, 0) is 57.2 Å². The average molecular weight is 337 g/mol. The molecule has 1 amide bonds. The third kappa shape index (κ3) is 4.82. The first-order valence-electron chi connectivity index (χ1n) is 7.71. The van der Waals surface area contributed by atoms with Crippen LogP contribution in [-0.4, -0.2) is 22.8 Å². The number of benzene rings is 2. The van der Waals surface area contributed by atoms with Crippen molar-refractivity contribution in [1.82, 2.24) is 5.43 Å². The number of aromatic hydroxyl groups is 1. The molecule has 2 N–H and O–H groups in total. The first-order chi connectivity index (χ1) is 11.9. The fourth-order valence-electron chi connectivity index (χ4n) is 2.10. The summed E-state index contributed by atoms with van der Waals surface area (Å²) in [7, 11) is 0. The van der Waals surface area contributed by atoms with Crippen LogP contribution < -0.4 is 10.2 Å². The zero-order valence-corrected chi connectivity index (χ0v) is 14.3. The number of hydrogen-bond acceptors (Lipinski definition) is 5. The van der Waals surface area contributed by atoms with E-state index in [1.54, 1.807) is 56.3 Å². The zero-order valence-electron chi connectivity index (χ0n) is 14.3. The lowest BCUT2D eigenvalue weighted by Gasteiger charge is -2.13. The number of hydrazone groups is 1. The third-order valence-corrected chi connectivity index (χ3v) is 3.54. The molecule has 0 aliphatic heterocycles. The molecule has 2 rings (SSSR count). The van der Waals surface area contributed by atoms with Gasteiger partial charge < -0.3 is 9.84 Å². The van der Waals surface area contributed by atoms with Gasteiger partial charge in [0, 0.05) is 5.56 Å². The van der Waals surface area contributed by atoms with Gasteiger partial charge in [-0.1, -0.05) is 11.6 Å². The van der Waals surface area contributed by atoms with E-state index in [-0.39, 0.29) is 5.75 Å². The Kier molecular flexibility index (Phi) is 5.75. The molecule has 0 aliphatic carbocycles. The van der Waals surface area contributed by atoms with Gasteiger partial charge in [-0.3, -0.25) is 4.79 Å². The van der Waals surface area contributed by atoms with Crippen LogP contribution in [0.4, 0.5) is 0 Å². The second-order valence-electron chi connectivity index (χ2n) is 5.59. The van der Waals surface area contributed by atoms with Gasteiger partial charge in [0.2, 0.25) is 0 Å². The lowest BCUT2D eigenvalue weighted by molar-refractivity contribution is -0.127. The Labute approximate surface area is 146 Å². The molecular formula is C19H19N3O3. The van der Waals surface area contributed by atoms with Crippen molar-refractivity contribution in [1.29, 1.82) is 5.26 Å². The summed E-state index contributed by atoms with van der Waals surface area (Å²) in [6.07, 6.45) is -0.768. The largest absolute Gasteiger partial charge is 0.507 e. The maximum Gasteiger partial charge on any atom is 0.280 e. The average Bonchev–Trinajstić information content (AvgIpc) is 2.62. The predicted octanol–water partition coefficient (Wildman–Crippen LogP) is 2.88. The summed E-state index contributed by atoms with van der Waals surface area (Å²) in [6, 6.07) is 13.7. The third-order valence-electron chi connectivity index (χ3n) is 3.54. The quantitative estimate of drug-likeness (QED) is 0.648. The molecule has 0 fully saturated rings. The van der Waals surface area contributed by atoms with Crippen LogP contribution in [0.5, 0.6) is 11.5 Å². The highest BCUT2D eigenvalue weighted by molar-refractivity contribution is 6.01. The number of rotatable bonds is 5. The van der Waals surface area contributed by atoms with Crippen LogP contribution in [-0.2, 0) is 4.79 Å². The first kappa shape index (κ1) is 18.0. The van der Waals surface area contributed by atoms with Gasteiger partial charge in [-0.15, -0.1) is 0 Å². The molecule has 0 aromatic heterocycles. The van der Waals surface area contributed by atoms with Crippen molar-refractivity contribution >= 4 is 11.6 Å². The molecule has 1 atom stereocenters. The molecule has 6 nitrogen and oxygen atoms in total. The molecule has 2 aromatic carbocycles. The summed E-state index contributed by atoms with van der Waals surface area (Å²) < 4.78 is 5.52. The van der Waals surface area contributed by atoms with Crippen LogP contribution in [0.2, 0.25) is 0 Å². The minimum Gasteiger partial charge on any atom is -0.507 e. The standard InChI is InChI=1S/C19H19N3O3/c1-12-4-9-18(23)17(10-12)13(2)21-22-19(24)14(3)25-16-7-5-15(11-20)6-8-16/h4-10,14,23H,1-3H3,(H,22,24)/b21-13+. The second kappa shape index (κ2) is 7.97. The van der Waals surface area contributed by atoms with Crippen molar-refractivity contribution in [2.75, 3.05) is 0 Å². The van der Waals surface area contributed by atoms with Crippen LogP contribution in [0.1, 0.15) is 30.5 Å². The van der Waals surface area contributed by atoms with Crippen molar-refractivity contribution in [3.8, 4) is 17.6 Å². The van der Waals surface area contributed by atoms with E-state index in [0.717, 1.165) is 5.56 Å². The van der Waals surface area contributed by atoms with E-state index in [2.05, 4.69) is 10.5 Å². The van der Waals surface area contributed by atoms with E-state index in [0.29, 0.717) is 22.6 Å². The molecular weight excluding hydrogens is 318 g/mol. The fraction of sp³-hybridized carbons (Fsp3) is 0.211. The van der Waals surface area contributed by atoms with Crippen molar-refractivity contribution < 1.29 is 14.6 Å². The zero-order chi connectivity index (χ0) is 18.4. The molecule has 0 saturated heterocycles. The number of nitrogens with one attached hydrogen (secondary N) is 1. The number of phenols is 1. The molecule has 25 heavy (non-hydrogen) atoms. The SMILES string of the molecule is C/C(=N\NC(=O)C(C)Oc1ccc(C#N)cc1)c1cc(C)ccc1O. The molecule has 0 heterocycles. The Morgan fingerprint density at radius 2 is 1.96 bits per heavy atom. The summed E-state index contributed by atoms with van der Waals surface area (Å²) in [4.78, 5) is 12.1. The lowest BCUT2D eigenvalue weighted by Crippen LogP contribution is -2.33. The molecule has 0 bridgehead atoms. The number of phenolic OH excluding ortho intramolecular Hbond substituents is 1. The van der Waals surface area contributed by atoms with Gasteiger partial charge in [-0.25, -0.2) is 5.43 Å². The van der Waals surface area contributed by atoms with Gasteiger partial charge in [0.15, 0.2) is 6.10 Å². The van der Waals surface area contributed by atoms with Crippen molar-refractivity contribution in [2.45, 2.75) is 26.9 Å². The molecule has 128 valence electrons. The number of carbonyl (C=O) groups excluding carboxylic acids is 1.